The van der Waals surface area contributed by atoms with Gasteiger partial charge in [0, 0.05) is 13.7 Å². The molecule has 6 nitrogen and oxygen atoms in total. The van der Waals surface area contributed by atoms with Crippen molar-refractivity contribution in [3.8, 4) is 0 Å². The van der Waals surface area contributed by atoms with E-state index in [1.165, 1.54) is 7.11 Å². The Hall–Kier alpha value is -1.43. The maximum atomic E-state index is 11.0. The van der Waals surface area contributed by atoms with E-state index in [2.05, 4.69) is 14.8 Å². The molecule has 0 aromatic carbocycles. The zero-order chi connectivity index (χ0) is 11.0. The highest BCUT2D eigenvalue weighted by Gasteiger charge is 2.17. The molecule has 6 heteroatoms. The Morgan fingerprint density at radius 2 is 1.86 bits per heavy atom. The van der Waals surface area contributed by atoms with E-state index < -0.39 is 24.1 Å². The molecule has 0 bridgehead atoms. The minimum atomic E-state index is -1.01. The van der Waals surface area contributed by atoms with E-state index in [-0.39, 0.29) is 0 Å². The fourth-order valence-electron chi connectivity index (χ4n) is 0.687. The molecule has 1 N–H and O–H groups in total. The molecule has 0 unspecified atom stereocenters. The van der Waals surface area contributed by atoms with Gasteiger partial charge in [0.05, 0.1) is 20.1 Å². The number of carbonyl (C=O) groups excluding carboxylic acids is 3. The van der Waals surface area contributed by atoms with Crippen molar-refractivity contribution in [3.05, 3.63) is 0 Å². The molecule has 0 aromatic heterocycles. The normalized spacial score (nSPS) is 9.29. The smallest absolute Gasteiger partial charge is 0.374 e. The Labute approximate surface area is 81.6 Å². The van der Waals surface area contributed by atoms with Crippen molar-refractivity contribution < 1.29 is 23.9 Å². The van der Waals surface area contributed by atoms with Gasteiger partial charge in [0.25, 0.3) is 0 Å². The highest BCUT2D eigenvalue weighted by Crippen LogP contribution is 1.86. The summed E-state index contributed by atoms with van der Waals surface area (Å²) < 4.78 is 8.82. The van der Waals surface area contributed by atoms with Crippen molar-refractivity contribution in [3.63, 3.8) is 0 Å². The van der Waals surface area contributed by atoms with Crippen LogP contribution >= 0.6 is 0 Å². The van der Waals surface area contributed by atoms with Gasteiger partial charge in [0.15, 0.2) is 0 Å². The summed E-state index contributed by atoms with van der Waals surface area (Å²) in [7, 11) is 2.58. The molecule has 0 saturated heterocycles. The number of nitrogens with one attached hydrogen (secondary N) is 1. The summed E-state index contributed by atoms with van der Waals surface area (Å²) in [6.07, 6.45) is -0.490. The Morgan fingerprint density at radius 1 is 1.21 bits per heavy atom. The number of methoxy groups -OCH3 is 2. The lowest BCUT2D eigenvalue weighted by molar-refractivity contribution is -0.152. The molecule has 0 aromatic rings. The summed E-state index contributed by atoms with van der Waals surface area (Å²) in [4.78, 5) is 32.4. The molecule has 0 aliphatic rings. The van der Waals surface area contributed by atoms with Gasteiger partial charge < -0.3 is 14.8 Å². The van der Waals surface area contributed by atoms with Crippen LogP contribution in [0.4, 0.5) is 0 Å². The van der Waals surface area contributed by atoms with Gasteiger partial charge in [-0.25, -0.2) is 4.79 Å². The number of ketones is 1. The average Bonchev–Trinajstić information content (AvgIpc) is 2.16. The van der Waals surface area contributed by atoms with E-state index in [0.717, 1.165) is 7.11 Å². The maximum Gasteiger partial charge on any atom is 0.374 e. The second-order valence-electron chi connectivity index (χ2n) is 2.43. The zero-order valence-electron chi connectivity index (χ0n) is 8.16. The first kappa shape index (κ1) is 12.6. The Morgan fingerprint density at radius 3 is 2.36 bits per heavy atom. The number of hydrogen-bond acceptors (Lipinski definition) is 5. The monoisotopic (exact) mass is 203 g/mol. The maximum absolute atomic E-state index is 11.0. The van der Waals surface area contributed by atoms with E-state index in [4.69, 9.17) is 0 Å². The fraction of sp³-hybridized carbons (Fsp3) is 0.625. The van der Waals surface area contributed by atoms with Crippen LogP contribution < -0.4 is 5.32 Å². The molecule has 0 heterocycles. The molecule has 1 amide bonds. The minimum Gasteiger partial charge on any atom is -0.463 e. The first-order valence-corrected chi connectivity index (χ1v) is 3.98. The van der Waals surface area contributed by atoms with Gasteiger partial charge >= 0.3 is 5.97 Å². The third-order valence-electron chi connectivity index (χ3n) is 1.36. The Kier molecular flexibility index (Phi) is 6.30. The summed E-state index contributed by atoms with van der Waals surface area (Å²) in [6, 6.07) is 0. The number of ether oxygens (including phenoxy) is 2. The first-order valence-electron chi connectivity index (χ1n) is 3.98. The van der Waals surface area contributed by atoms with Gasteiger partial charge in [-0.05, 0) is 0 Å². The molecular formula is C8H13NO5. The van der Waals surface area contributed by atoms with Crippen LogP contribution in [-0.2, 0) is 23.9 Å². The lowest BCUT2D eigenvalue weighted by atomic mass is 10.3. The third kappa shape index (κ3) is 5.26. The second-order valence-corrected chi connectivity index (χ2v) is 2.43. The summed E-state index contributed by atoms with van der Waals surface area (Å²) in [5.74, 6) is -2.38. The number of Topliss-reactive ketones (excluding diaryl/α,β-unsaturated/α-hetero) is 1. The molecule has 0 aliphatic carbocycles. The van der Waals surface area contributed by atoms with Gasteiger partial charge in [-0.3, -0.25) is 9.59 Å². The predicted octanol–water partition coefficient (Wildman–Crippen LogP) is -1.12. The van der Waals surface area contributed by atoms with E-state index in [9.17, 15) is 14.4 Å². The minimum absolute atomic E-state index is 0.309. The van der Waals surface area contributed by atoms with Gasteiger partial charge in [-0.15, -0.1) is 0 Å². The predicted molar refractivity (Wildman–Crippen MR) is 46.5 cm³/mol. The van der Waals surface area contributed by atoms with Crippen LogP contribution in [0, 0.1) is 0 Å². The molecule has 0 atom stereocenters. The zero-order valence-corrected chi connectivity index (χ0v) is 8.16. The third-order valence-corrected chi connectivity index (χ3v) is 1.36. The number of amides is 1. The van der Waals surface area contributed by atoms with Gasteiger partial charge in [-0.1, -0.05) is 0 Å². The summed E-state index contributed by atoms with van der Waals surface area (Å²) in [5.41, 5.74) is 0. The number of hydrogen-bond donors (Lipinski definition) is 1. The van der Waals surface area contributed by atoms with E-state index >= 15 is 0 Å². The fourth-order valence-corrected chi connectivity index (χ4v) is 0.687. The quantitative estimate of drug-likeness (QED) is 0.256. The van der Waals surface area contributed by atoms with Crippen LogP contribution in [0.25, 0.3) is 0 Å². The van der Waals surface area contributed by atoms with Crippen molar-refractivity contribution in [2.75, 3.05) is 27.4 Å². The van der Waals surface area contributed by atoms with Gasteiger partial charge in [-0.2, -0.15) is 0 Å². The van der Waals surface area contributed by atoms with E-state index in [0.29, 0.717) is 13.2 Å². The van der Waals surface area contributed by atoms with Gasteiger partial charge in [0.1, 0.15) is 0 Å². The first-order chi connectivity index (χ1) is 6.61. The largest absolute Gasteiger partial charge is 0.463 e. The van der Waals surface area contributed by atoms with E-state index in [1.807, 2.05) is 0 Å². The van der Waals surface area contributed by atoms with Crippen LogP contribution in [-0.4, -0.2) is 45.0 Å². The molecule has 80 valence electrons. The van der Waals surface area contributed by atoms with Crippen molar-refractivity contribution >= 4 is 17.7 Å². The van der Waals surface area contributed by atoms with E-state index in [1.54, 1.807) is 0 Å². The van der Waals surface area contributed by atoms with Crippen LogP contribution in [0.2, 0.25) is 0 Å². The molecule has 14 heavy (non-hydrogen) atoms. The number of esters is 1. The highest BCUT2D eigenvalue weighted by atomic mass is 16.5. The molecular weight excluding hydrogens is 190 g/mol. The molecule has 0 radical (unpaired) electrons. The standard InChI is InChI=1S/C8H13NO5/c1-13-4-3-9-7(11)5-6(10)8(12)14-2/h3-5H2,1-2H3,(H,9,11). The summed E-state index contributed by atoms with van der Waals surface area (Å²) in [6.45, 7) is 0.669. The van der Waals surface area contributed by atoms with Crippen LogP contribution in [0.1, 0.15) is 6.42 Å². The Bertz CT molecular complexity index is 226. The van der Waals surface area contributed by atoms with Crippen molar-refractivity contribution in [2.45, 2.75) is 6.42 Å². The molecule has 0 aliphatic heterocycles. The molecule has 0 saturated carbocycles. The van der Waals surface area contributed by atoms with Crippen LogP contribution in [0.15, 0.2) is 0 Å². The number of carbonyl (C=O) groups is 3. The van der Waals surface area contributed by atoms with Gasteiger partial charge in [0.2, 0.25) is 11.7 Å². The average molecular weight is 203 g/mol. The summed E-state index contributed by atoms with van der Waals surface area (Å²) >= 11 is 0. The lowest BCUT2D eigenvalue weighted by Crippen LogP contribution is -2.31. The Balaban J connectivity index is 3.72. The molecule has 0 spiro atoms. The van der Waals surface area contributed by atoms with Crippen LogP contribution in [0.3, 0.4) is 0 Å². The SMILES string of the molecule is COCCNC(=O)CC(=O)C(=O)OC. The number of rotatable bonds is 6. The van der Waals surface area contributed by atoms with Crippen LogP contribution in [0.5, 0.6) is 0 Å². The topological polar surface area (TPSA) is 81.7 Å². The lowest BCUT2D eigenvalue weighted by Gasteiger charge is -2.02. The highest BCUT2D eigenvalue weighted by molar-refractivity contribution is 6.36. The second kappa shape index (κ2) is 7.02. The summed E-state index contributed by atoms with van der Waals surface area (Å²) in [5, 5.41) is 2.40. The van der Waals surface area contributed by atoms with Crippen molar-refractivity contribution in [2.24, 2.45) is 0 Å². The molecule has 0 rings (SSSR count). The molecule has 0 fully saturated rings. The van der Waals surface area contributed by atoms with Crippen molar-refractivity contribution in [1.29, 1.82) is 0 Å². The van der Waals surface area contributed by atoms with Crippen molar-refractivity contribution in [1.82, 2.24) is 5.32 Å².